The fourth-order valence-electron chi connectivity index (χ4n) is 2.06. The quantitative estimate of drug-likeness (QED) is 0.596. The smallest absolute Gasteiger partial charge is 0.277 e. The van der Waals surface area contributed by atoms with Crippen molar-refractivity contribution >= 4 is 51.8 Å². The first-order valence-electron chi connectivity index (χ1n) is 7.41. The van der Waals surface area contributed by atoms with Gasteiger partial charge in [0.05, 0.1) is 11.6 Å². The highest BCUT2D eigenvalue weighted by atomic mass is 32.1. The Morgan fingerprint density at radius 1 is 1.04 bits per heavy atom. The predicted molar refractivity (Wildman–Crippen MR) is 105 cm³/mol. The first-order chi connectivity index (χ1) is 12.6. The zero-order valence-corrected chi connectivity index (χ0v) is 14.9. The molecule has 0 aliphatic carbocycles. The molecule has 0 fully saturated rings. The fourth-order valence-corrected chi connectivity index (χ4v) is 2.73. The van der Waals surface area contributed by atoms with Gasteiger partial charge in [0.2, 0.25) is 0 Å². The summed E-state index contributed by atoms with van der Waals surface area (Å²) in [4.78, 5) is 11.9. The van der Waals surface area contributed by atoms with Crippen LogP contribution < -0.4 is 16.0 Å². The van der Waals surface area contributed by atoms with Crippen molar-refractivity contribution in [3.05, 3.63) is 65.2 Å². The summed E-state index contributed by atoms with van der Waals surface area (Å²) in [6.45, 7) is 0. The monoisotopic (exact) mass is 380 g/mol. The van der Waals surface area contributed by atoms with Crippen LogP contribution >= 0.6 is 23.8 Å². The van der Waals surface area contributed by atoms with Crippen LogP contribution in [0.15, 0.2) is 53.9 Å². The largest absolute Gasteiger partial charge is 0.332 e. The van der Waals surface area contributed by atoms with Crippen molar-refractivity contribution in [1.29, 1.82) is 5.26 Å². The van der Waals surface area contributed by atoms with E-state index >= 15 is 0 Å². The van der Waals surface area contributed by atoms with Gasteiger partial charge in [0, 0.05) is 22.4 Å². The molecule has 3 N–H and O–H groups in total. The summed E-state index contributed by atoms with van der Waals surface area (Å²) in [7, 11) is 0. The SMILES string of the molecule is N#Cc1cccc(NC(=S)Nc2ccc(NC(=O)c3csnn3)cc2)c1. The summed E-state index contributed by atoms with van der Waals surface area (Å²) < 4.78 is 3.66. The maximum absolute atomic E-state index is 11.9. The lowest BCUT2D eigenvalue weighted by Crippen LogP contribution is -2.19. The Bertz CT molecular complexity index is 964. The van der Waals surface area contributed by atoms with Gasteiger partial charge in [-0.25, -0.2) is 0 Å². The molecule has 26 heavy (non-hydrogen) atoms. The molecule has 0 radical (unpaired) electrons. The van der Waals surface area contributed by atoms with Crippen molar-refractivity contribution in [1.82, 2.24) is 9.59 Å². The molecule has 0 saturated carbocycles. The van der Waals surface area contributed by atoms with Gasteiger partial charge in [-0.1, -0.05) is 10.6 Å². The molecular formula is C17H12N6OS2. The minimum Gasteiger partial charge on any atom is -0.332 e. The number of carbonyl (C=O) groups is 1. The number of nitrogens with zero attached hydrogens (tertiary/aromatic N) is 3. The molecule has 1 heterocycles. The van der Waals surface area contributed by atoms with Crippen molar-refractivity contribution < 1.29 is 4.79 Å². The Labute approximate surface area is 158 Å². The highest BCUT2D eigenvalue weighted by Crippen LogP contribution is 2.16. The molecule has 7 nitrogen and oxygen atoms in total. The Kier molecular flexibility index (Phi) is 5.48. The minimum absolute atomic E-state index is 0.280. The standard InChI is InChI=1S/C17H12N6OS2/c18-9-11-2-1-3-14(8-11)21-17(25)20-13-6-4-12(5-7-13)19-16(24)15-10-26-23-22-15/h1-8,10H,(H,19,24)(H2,20,21,25). The van der Waals surface area contributed by atoms with E-state index in [1.54, 1.807) is 47.8 Å². The van der Waals surface area contributed by atoms with Crippen molar-refractivity contribution in [3.8, 4) is 6.07 Å². The number of hydrogen-bond acceptors (Lipinski definition) is 6. The number of amides is 1. The summed E-state index contributed by atoms with van der Waals surface area (Å²) >= 11 is 6.39. The predicted octanol–water partition coefficient (Wildman–Crippen LogP) is 3.47. The lowest BCUT2D eigenvalue weighted by Gasteiger charge is -2.11. The summed E-state index contributed by atoms with van der Waals surface area (Å²) in [6.07, 6.45) is 0. The third kappa shape index (κ3) is 4.60. The second-order valence-electron chi connectivity index (χ2n) is 5.09. The lowest BCUT2D eigenvalue weighted by atomic mass is 10.2. The molecule has 3 rings (SSSR count). The van der Waals surface area contributed by atoms with E-state index in [1.165, 1.54) is 0 Å². The van der Waals surface area contributed by atoms with Gasteiger partial charge in [-0.3, -0.25) is 4.79 Å². The van der Waals surface area contributed by atoms with Gasteiger partial charge in [0.25, 0.3) is 5.91 Å². The van der Waals surface area contributed by atoms with Gasteiger partial charge in [-0.05, 0) is 66.2 Å². The van der Waals surface area contributed by atoms with Crippen LogP contribution in [0.2, 0.25) is 0 Å². The van der Waals surface area contributed by atoms with Crippen LogP contribution in [-0.4, -0.2) is 20.6 Å². The van der Waals surface area contributed by atoms with E-state index < -0.39 is 0 Å². The number of anilines is 3. The van der Waals surface area contributed by atoms with E-state index in [0.717, 1.165) is 22.9 Å². The Morgan fingerprint density at radius 2 is 1.73 bits per heavy atom. The van der Waals surface area contributed by atoms with Crippen molar-refractivity contribution in [2.45, 2.75) is 0 Å². The van der Waals surface area contributed by atoms with Crippen molar-refractivity contribution in [2.75, 3.05) is 16.0 Å². The van der Waals surface area contributed by atoms with Gasteiger partial charge >= 0.3 is 0 Å². The van der Waals surface area contributed by atoms with E-state index in [9.17, 15) is 4.79 Å². The van der Waals surface area contributed by atoms with E-state index in [4.69, 9.17) is 17.5 Å². The van der Waals surface area contributed by atoms with Crippen LogP contribution in [0.1, 0.15) is 16.1 Å². The number of nitrogens with one attached hydrogen (secondary N) is 3. The van der Waals surface area contributed by atoms with Crippen molar-refractivity contribution in [2.24, 2.45) is 0 Å². The van der Waals surface area contributed by atoms with E-state index in [2.05, 4.69) is 31.6 Å². The Morgan fingerprint density at radius 3 is 2.38 bits per heavy atom. The van der Waals surface area contributed by atoms with Crippen LogP contribution in [0.4, 0.5) is 17.1 Å². The minimum atomic E-state index is -0.311. The lowest BCUT2D eigenvalue weighted by molar-refractivity contribution is 0.102. The van der Waals surface area contributed by atoms with E-state index in [1.807, 2.05) is 6.07 Å². The second kappa shape index (κ2) is 8.15. The van der Waals surface area contributed by atoms with Crippen LogP contribution in [0.5, 0.6) is 0 Å². The normalized spacial score (nSPS) is 9.81. The molecule has 128 valence electrons. The van der Waals surface area contributed by atoms with E-state index in [-0.39, 0.29) is 11.6 Å². The molecule has 0 spiro atoms. The molecule has 3 aromatic rings. The number of benzene rings is 2. The van der Waals surface area contributed by atoms with Gasteiger partial charge in [-0.2, -0.15) is 5.26 Å². The highest BCUT2D eigenvalue weighted by Gasteiger charge is 2.09. The molecule has 9 heteroatoms. The number of thiocarbonyl (C=S) groups is 1. The maximum Gasteiger partial charge on any atom is 0.277 e. The zero-order valence-electron chi connectivity index (χ0n) is 13.3. The molecule has 1 amide bonds. The molecule has 0 bridgehead atoms. The number of hydrogen-bond donors (Lipinski definition) is 3. The van der Waals surface area contributed by atoms with Gasteiger partial charge < -0.3 is 16.0 Å². The molecule has 1 aromatic heterocycles. The van der Waals surface area contributed by atoms with E-state index in [0.29, 0.717) is 16.4 Å². The second-order valence-corrected chi connectivity index (χ2v) is 6.11. The Balaban J connectivity index is 1.57. The average Bonchev–Trinajstić information content (AvgIpc) is 3.18. The molecule has 0 atom stereocenters. The highest BCUT2D eigenvalue weighted by molar-refractivity contribution is 7.80. The fraction of sp³-hybridized carbons (Fsp3) is 0. The van der Waals surface area contributed by atoms with Crippen LogP contribution in [-0.2, 0) is 0 Å². The summed E-state index contributed by atoms with van der Waals surface area (Å²) in [6, 6.07) is 16.2. The zero-order chi connectivity index (χ0) is 18.4. The topological polar surface area (TPSA) is 103 Å². The maximum atomic E-state index is 11.9. The summed E-state index contributed by atoms with van der Waals surface area (Å²) in [5.41, 5.74) is 2.94. The molecule has 0 aliphatic heterocycles. The molecule has 0 saturated heterocycles. The Hall–Kier alpha value is -3.35. The van der Waals surface area contributed by atoms with Crippen molar-refractivity contribution in [3.63, 3.8) is 0 Å². The van der Waals surface area contributed by atoms with Gasteiger partial charge in [0.15, 0.2) is 10.8 Å². The summed E-state index contributed by atoms with van der Waals surface area (Å²) in [5, 5.41) is 23.4. The van der Waals surface area contributed by atoms with Gasteiger partial charge in [-0.15, -0.1) is 5.10 Å². The van der Waals surface area contributed by atoms with Crippen LogP contribution in [0, 0.1) is 11.3 Å². The molecule has 0 aliphatic rings. The first kappa shape index (κ1) is 17.5. The molecule has 2 aromatic carbocycles. The third-order valence-electron chi connectivity index (χ3n) is 3.24. The number of aromatic nitrogens is 2. The van der Waals surface area contributed by atoms with Gasteiger partial charge in [0.1, 0.15) is 0 Å². The van der Waals surface area contributed by atoms with Crippen LogP contribution in [0.3, 0.4) is 0 Å². The number of carbonyl (C=O) groups excluding carboxylic acids is 1. The van der Waals surface area contributed by atoms with Crippen LogP contribution in [0.25, 0.3) is 0 Å². The molecule has 0 unspecified atom stereocenters. The summed E-state index contributed by atoms with van der Waals surface area (Å²) in [5.74, 6) is -0.311. The third-order valence-corrected chi connectivity index (χ3v) is 3.95. The average molecular weight is 380 g/mol. The molecular weight excluding hydrogens is 368 g/mol. The number of rotatable bonds is 4. The number of nitriles is 1. The first-order valence-corrected chi connectivity index (χ1v) is 8.65.